The first kappa shape index (κ1) is 8.17. The maximum absolute atomic E-state index is 5.87. The molecular weight excluding hydrogens is 194 g/mol. The molecule has 14 heavy (non-hydrogen) atoms. The molecule has 1 fully saturated rings. The summed E-state index contributed by atoms with van der Waals surface area (Å²) in [6.45, 7) is 2.23. The number of hydrogen-bond donors (Lipinski definition) is 1. The summed E-state index contributed by atoms with van der Waals surface area (Å²) >= 11 is 1.63. The first-order valence-electron chi connectivity index (χ1n) is 4.76. The molecule has 2 unspecified atom stereocenters. The summed E-state index contributed by atoms with van der Waals surface area (Å²) in [5, 5.41) is 3.00. The molecule has 4 heteroatoms. The van der Waals surface area contributed by atoms with Gasteiger partial charge in [0.25, 0.3) is 0 Å². The van der Waals surface area contributed by atoms with Crippen molar-refractivity contribution in [3.8, 4) is 0 Å². The maximum Gasteiger partial charge on any atom is 0.135 e. The second-order valence-corrected chi connectivity index (χ2v) is 4.82. The number of aromatic nitrogens is 2. The highest BCUT2D eigenvalue weighted by molar-refractivity contribution is 7.16. The quantitative estimate of drug-likeness (QED) is 0.777. The number of nitrogens with zero attached hydrogens (tertiary/aromatic N) is 2. The summed E-state index contributed by atoms with van der Waals surface area (Å²) in [6.07, 6.45) is 1.20. The van der Waals surface area contributed by atoms with E-state index < -0.39 is 0 Å². The predicted octanol–water partition coefficient (Wildman–Crippen LogP) is 2.40. The van der Waals surface area contributed by atoms with Crippen molar-refractivity contribution in [3.05, 3.63) is 17.3 Å². The molecule has 0 aromatic carbocycles. The largest absolute Gasteiger partial charge is 0.383 e. The molecule has 3 nitrogen and oxygen atoms in total. The van der Waals surface area contributed by atoms with E-state index in [1.807, 2.05) is 11.4 Å². The zero-order valence-corrected chi connectivity index (χ0v) is 8.71. The van der Waals surface area contributed by atoms with Crippen molar-refractivity contribution in [2.24, 2.45) is 5.92 Å². The number of anilines is 1. The van der Waals surface area contributed by atoms with E-state index in [4.69, 9.17) is 5.73 Å². The van der Waals surface area contributed by atoms with Gasteiger partial charge in [-0.1, -0.05) is 6.92 Å². The van der Waals surface area contributed by atoms with Crippen LogP contribution in [0.2, 0.25) is 0 Å². The molecule has 0 spiro atoms. The molecule has 2 aromatic rings. The minimum Gasteiger partial charge on any atom is -0.383 e. The number of nitrogen functional groups attached to an aromatic ring is 1. The molecule has 2 N–H and O–H groups in total. The Labute approximate surface area is 86.0 Å². The van der Waals surface area contributed by atoms with Gasteiger partial charge in [-0.15, -0.1) is 11.3 Å². The number of thiophene rings is 1. The van der Waals surface area contributed by atoms with Gasteiger partial charge >= 0.3 is 0 Å². The number of fused-ring (bicyclic) bond motifs is 1. The van der Waals surface area contributed by atoms with Gasteiger partial charge in [0, 0.05) is 5.92 Å². The Balaban J connectivity index is 2.17. The van der Waals surface area contributed by atoms with Gasteiger partial charge in [-0.25, -0.2) is 9.97 Å². The van der Waals surface area contributed by atoms with Crippen LogP contribution in [0.25, 0.3) is 10.2 Å². The number of rotatable bonds is 1. The van der Waals surface area contributed by atoms with Crippen LogP contribution in [0, 0.1) is 5.92 Å². The van der Waals surface area contributed by atoms with Gasteiger partial charge in [-0.3, -0.25) is 0 Å². The van der Waals surface area contributed by atoms with E-state index in [0.29, 0.717) is 11.7 Å². The highest BCUT2D eigenvalue weighted by Gasteiger charge is 2.36. The van der Waals surface area contributed by atoms with Crippen LogP contribution >= 0.6 is 11.3 Å². The van der Waals surface area contributed by atoms with Crippen molar-refractivity contribution in [2.75, 3.05) is 5.73 Å². The topological polar surface area (TPSA) is 51.8 Å². The van der Waals surface area contributed by atoms with Crippen molar-refractivity contribution in [1.29, 1.82) is 0 Å². The van der Waals surface area contributed by atoms with E-state index in [2.05, 4.69) is 16.9 Å². The minimum absolute atomic E-state index is 0.545. The lowest BCUT2D eigenvalue weighted by atomic mass is 10.3. The SMILES string of the molecule is CC1CC1c1nc(N)c2ccsc2n1. The summed E-state index contributed by atoms with van der Waals surface area (Å²) < 4.78 is 0. The second-order valence-electron chi connectivity index (χ2n) is 3.93. The maximum atomic E-state index is 5.87. The fraction of sp³-hybridized carbons (Fsp3) is 0.400. The third-order valence-corrected chi connectivity index (χ3v) is 3.62. The van der Waals surface area contributed by atoms with Crippen LogP contribution in [0.15, 0.2) is 11.4 Å². The summed E-state index contributed by atoms with van der Waals surface area (Å²) in [5.41, 5.74) is 5.87. The van der Waals surface area contributed by atoms with Crippen LogP contribution in [0.5, 0.6) is 0 Å². The van der Waals surface area contributed by atoms with E-state index in [-0.39, 0.29) is 0 Å². The van der Waals surface area contributed by atoms with E-state index in [0.717, 1.165) is 22.0 Å². The zero-order chi connectivity index (χ0) is 9.71. The van der Waals surface area contributed by atoms with Crippen molar-refractivity contribution in [2.45, 2.75) is 19.3 Å². The highest BCUT2D eigenvalue weighted by atomic mass is 32.1. The van der Waals surface area contributed by atoms with E-state index in [9.17, 15) is 0 Å². The second kappa shape index (κ2) is 2.67. The molecule has 0 aliphatic heterocycles. The van der Waals surface area contributed by atoms with Gasteiger partial charge < -0.3 is 5.73 Å². The predicted molar refractivity (Wildman–Crippen MR) is 58.3 cm³/mol. The Morgan fingerprint density at radius 3 is 3.00 bits per heavy atom. The molecule has 0 saturated heterocycles. The lowest BCUT2D eigenvalue weighted by Gasteiger charge is -2.00. The van der Waals surface area contributed by atoms with Gasteiger partial charge in [0.05, 0.1) is 5.39 Å². The molecule has 2 heterocycles. The Hall–Kier alpha value is -1.16. The summed E-state index contributed by atoms with van der Waals surface area (Å²) in [4.78, 5) is 9.92. The van der Waals surface area contributed by atoms with Crippen LogP contribution in [-0.2, 0) is 0 Å². The first-order chi connectivity index (χ1) is 6.75. The molecule has 1 aliphatic carbocycles. The Kier molecular flexibility index (Phi) is 1.56. The van der Waals surface area contributed by atoms with E-state index >= 15 is 0 Å². The molecular formula is C10H11N3S. The van der Waals surface area contributed by atoms with Crippen molar-refractivity contribution >= 4 is 27.4 Å². The van der Waals surface area contributed by atoms with Crippen molar-refractivity contribution in [1.82, 2.24) is 9.97 Å². The number of nitrogens with two attached hydrogens (primary N) is 1. The van der Waals surface area contributed by atoms with Gasteiger partial charge in [0.1, 0.15) is 16.5 Å². The highest BCUT2D eigenvalue weighted by Crippen LogP contribution is 2.46. The van der Waals surface area contributed by atoms with E-state index in [1.165, 1.54) is 6.42 Å². The molecule has 1 saturated carbocycles. The lowest BCUT2D eigenvalue weighted by molar-refractivity contribution is 0.855. The molecule has 0 radical (unpaired) electrons. The molecule has 0 bridgehead atoms. The summed E-state index contributed by atoms with van der Waals surface area (Å²) in [7, 11) is 0. The Bertz CT molecular complexity index is 491. The van der Waals surface area contributed by atoms with Gasteiger partial charge in [-0.05, 0) is 23.8 Å². The normalized spacial score (nSPS) is 25.5. The summed E-state index contributed by atoms with van der Waals surface area (Å²) in [6, 6.07) is 1.98. The molecule has 2 atom stereocenters. The fourth-order valence-electron chi connectivity index (χ4n) is 1.74. The molecule has 1 aliphatic rings. The van der Waals surface area contributed by atoms with Crippen LogP contribution in [-0.4, -0.2) is 9.97 Å². The third kappa shape index (κ3) is 1.10. The zero-order valence-electron chi connectivity index (χ0n) is 7.90. The standard InChI is InChI=1S/C10H11N3S/c1-5-4-7(5)9-12-8(11)6-2-3-14-10(6)13-9/h2-3,5,7H,4H2,1H3,(H2,11,12,13). The van der Waals surface area contributed by atoms with Crippen LogP contribution in [0.1, 0.15) is 25.1 Å². The van der Waals surface area contributed by atoms with Crippen LogP contribution in [0.4, 0.5) is 5.82 Å². The van der Waals surface area contributed by atoms with Gasteiger partial charge in [0.2, 0.25) is 0 Å². The Morgan fingerprint density at radius 1 is 1.50 bits per heavy atom. The lowest BCUT2D eigenvalue weighted by Crippen LogP contribution is -1.98. The molecule has 72 valence electrons. The monoisotopic (exact) mass is 205 g/mol. The van der Waals surface area contributed by atoms with Gasteiger partial charge in [-0.2, -0.15) is 0 Å². The van der Waals surface area contributed by atoms with Crippen molar-refractivity contribution in [3.63, 3.8) is 0 Å². The van der Waals surface area contributed by atoms with Crippen molar-refractivity contribution < 1.29 is 0 Å². The fourth-order valence-corrected chi connectivity index (χ4v) is 2.52. The van der Waals surface area contributed by atoms with Crippen LogP contribution in [0.3, 0.4) is 0 Å². The third-order valence-electron chi connectivity index (χ3n) is 2.81. The molecule has 3 rings (SSSR count). The number of hydrogen-bond acceptors (Lipinski definition) is 4. The minimum atomic E-state index is 0.545. The first-order valence-corrected chi connectivity index (χ1v) is 5.64. The average Bonchev–Trinajstić information content (AvgIpc) is 2.71. The summed E-state index contributed by atoms with van der Waals surface area (Å²) in [5.74, 6) is 2.84. The smallest absolute Gasteiger partial charge is 0.135 e. The van der Waals surface area contributed by atoms with Crippen LogP contribution < -0.4 is 5.73 Å². The van der Waals surface area contributed by atoms with E-state index in [1.54, 1.807) is 11.3 Å². The molecule has 2 aromatic heterocycles. The Morgan fingerprint density at radius 2 is 2.29 bits per heavy atom. The molecule has 0 amide bonds. The van der Waals surface area contributed by atoms with Gasteiger partial charge in [0.15, 0.2) is 0 Å². The average molecular weight is 205 g/mol.